The van der Waals surface area contributed by atoms with Gasteiger partial charge in [-0.2, -0.15) is 0 Å². The lowest BCUT2D eigenvalue weighted by atomic mass is 9.71. The molecular formula is C12H26N2. The molecule has 0 spiro atoms. The van der Waals surface area contributed by atoms with Gasteiger partial charge in [-0.3, -0.25) is 0 Å². The van der Waals surface area contributed by atoms with Gasteiger partial charge in [0.1, 0.15) is 0 Å². The first-order valence-corrected chi connectivity index (χ1v) is 6.19. The molecule has 0 aromatic heterocycles. The Morgan fingerprint density at radius 3 is 2.57 bits per heavy atom. The summed E-state index contributed by atoms with van der Waals surface area (Å²) >= 11 is 0. The van der Waals surface area contributed by atoms with E-state index >= 15 is 0 Å². The van der Waals surface area contributed by atoms with Crippen LogP contribution in [0.2, 0.25) is 0 Å². The van der Waals surface area contributed by atoms with Crippen molar-refractivity contribution in [1.82, 2.24) is 0 Å². The quantitative estimate of drug-likeness (QED) is 0.665. The van der Waals surface area contributed by atoms with Crippen LogP contribution in [0.25, 0.3) is 0 Å². The molecule has 2 heteroatoms. The fourth-order valence-corrected chi connectivity index (χ4v) is 2.93. The van der Waals surface area contributed by atoms with Crippen molar-refractivity contribution in [1.29, 1.82) is 0 Å². The molecule has 0 aromatic carbocycles. The molecule has 3 atom stereocenters. The number of nitrogens with two attached hydrogens (primary N) is 2. The van der Waals surface area contributed by atoms with Crippen molar-refractivity contribution >= 4 is 0 Å². The zero-order valence-corrected chi connectivity index (χ0v) is 9.54. The van der Waals surface area contributed by atoms with Crippen LogP contribution >= 0.6 is 0 Å². The topological polar surface area (TPSA) is 52.0 Å². The van der Waals surface area contributed by atoms with Gasteiger partial charge in [0.15, 0.2) is 0 Å². The highest BCUT2D eigenvalue weighted by atomic mass is 14.6. The number of hydrogen-bond acceptors (Lipinski definition) is 2. The highest BCUT2D eigenvalue weighted by molar-refractivity contribution is 4.80. The van der Waals surface area contributed by atoms with Crippen LogP contribution < -0.4 is 11.5 Å². The summed E-state index contributed by atoms with van der Waals surface area (Å²) in [5.74, 6) is 2.51. The minimum absolute atomic E-state index is 0.779. The zero-order chi connectivity index (χ0) is 10.4. The number of rotatable bonds is 5. The SMILES string of the molecule is CC1CCCC(CCCCN)C1CN. The van der Waals surface area contributed by atoms with Crippen LogP contribution in [-0.2, 0) is 0 Å². The van der Waals surface area contributed by atoms with E-state index in [1.807, 2.05) is 0 Å². The van der Waals surface area contributed by atoms with E-state index in [2.05, 4.69) is 6.92 Å². The summed E-state index contributed by atoms with van der Waals surface area (Å²) in [6.07, 6.45) is 8.02. The van der Waals surface area contributed by atoms with Crippen LogP contribution in [0.4, 0.5) is 0 Å². The van der Waals surface area contributed by atoms with Gasteiger partial charge in [-0.15, -0.1) is 0 Å². The predicted molar refractivity (Wildman–Crippen MR) is 62.0 cm³/mol. The second-order valence-corrected chi connectivity index (χ2v) is 4.85. The van der Waals surface area contributed by atoms with Crippen molar-refractivity contribution in [3.8, 4) is 0 Å². The molecule has 0 saturated heterocycles. The van der Waals surface area contributed by atoms with Gasteiger partial charge in [0, 0.05) is 0 Å². The Balaban J connectivity index is 2.32. The van der Waals surface area contributed by atoms with E-state index in [-0.39, 0.29) is 0 Å². The van der Waals surface area contributed by atoms with Gasteiger partial charge >= 0.3 is 0 Å². The van der Waals surface area contributed by atoms with E-state index < -0.39 is 0 Å². The fourth-order valence-electron chi connectivity index (χ4n) is 2.93. The molecule has 1 rings (SSSR count). The van der Waals surface area contributed by atoms with Crippen LogP contribution in [0.5, 0.6) is 0 Å². The minimum Gasteiger partial charge on any atom is -0.330 e. The Bertz CT molecular complexity index is 147. The summed E-state index contributed by atoms with van der Waals surface area (Å²) in [6, 6.07) is 0. The van der Waals surface area contributed by atoms with Crippen LogP contribution in [0.1, 0.15) is 45.4 Å². The van der Waals surface area contributed by atoms with Crippen molar-refractivity contribution in [3.05, 3.63) is 0 Å². The summed E-state index contributed by atoms with van der Waals surface area (Å²) in [7, 11) is 0. The Morgan fingerprint density at radius 2 is 1.93 bits per heavy atom. The normalized spacial score (nSPS) is 33.2. The molecule has 0 heterocycles. The summed E-state index contributed by atoms with van der Waals surface area (Å²) in [5, 5.41) is 0. The van der Waals surface area contributed by atoms with Crippen molar-refractivity contribution in [2.75, 3.05) is 13.1 Å². The highest BCUT2D eigenvalue weighted by Gasteiger charge is 2.28. The monoisotopic (exact) mass is 198 g/mol. The lowest BCUT2D eigenvalue weighted by Gasteiger charge is -2.36. The van der Waals surface area contributed by atoms with E-state index in [1.54, 1.807) is 0 Å². The van der Waals surface area contributed by atoms with Gasteiger partial charge in [-0.05, 0) is 37.3 Å². The van der Waals surface area contributed by atoms with E-state index in [0.717, 1.165) is 30.8 Å². The minimum atomic E-state index is 0.779. The average Bonchev–Trinajstić information content (AvgIpc) is 2.18. The van der Waals surface area contributed by atoms with E-state index in [9.17, 15) is 0 Å². The molecule has 84 valence electrons. The molecule has 2 nitrogen and oxygen atoms in total. The van der Waals surface area contributed by atoms with E-state index in [1.165, 1.54) is 38.5 Å². The first-order chi connectivity index (χ1) is 6.79. The molecule has 1 saturated carbocycles. The van der Waals surface area contributed by atoms with Crippen LogP contribution in [0.15, 0.2) is 0 Å². The summed E-state index contributed by atoms with van der Waals surface area (Å²) in [4.78, 5) is 0. The number of hydrogen-bond donors (Lipinski definition) is 2. The summed E-state index contributed by atoms with van der Waals surface area (Å²) in [6.45, 7) is 4.09. The molecule has 0 radical (unpaired) electrons. The molecule has 0 bridgehead atoms. The number of unbranched alkanes of at least 4 members (excludes halogenated alkanes) is 1. The van der Waals surface area contributed by atoms with Crippen LogP contribution in [0, 0.1) is 17.8 Å². The van der Waals surface area contributed by atoms with Crippen molar-refractivity contribution < 1.29 is 0 Å². The third kappa shape index (κ3) is 3.25. The molecule has 3 unspecified atom stereocenters. The molecule has 1 aliphatic rings. The molecule has 1 fully saturated rings. The van der Waals surface area contributed by atoms with Crippen molar-refractivity contribution in [2.24, 2.45) is 29.2 Å². The smallest absolute Gasteiger partial charge is 0.00437 e. The maximum absolute atomic E-state index is 5.86. The highest BCUT2D eigenvalue weighted by Crippen LogP contribution is 2.36. The molecule has 1 aliphatic carbocycles. The lowest BCUT2D eigenvalue weighted by molar-refractivity contribution is 0.159. The van der Waals surface area contributed by atoms with Crippen molar-refractivity contribution in [3.63, 3.8) is 0 Å². The summed E-state index contributed by atoms with van der Waals surface area (Å²) in [5.41, 5.74) is 11.4. The molecule has 4 N–H and O–H groups in total. The third-order valence-electron chi connectivity index (χ3n) is 3.87. The Kier molecular flexibility index (Phi) is 5.49. The fraction of sp³-hybridized carbons (Fsp3) is 1.00. The van der Waals surface area contributed by atoms with Gasteiger partial charge < -0.3 is 11.5 Å². The van der Waals surface area contributed by atoms with Gasteiger partial charge in [0.05, 0.1) is 0 Å². The van der Waals surface area contributed by atoms with Gasteiger partial charge in [-0.1, -0.05) is 39.0 Å². The van der Waals surface area contributed by atoms with E-state index in [4.69, 9.17) is 11.5 Å². The second-order valence-electron chi connectivity index (χ2n) is 4.85. The lowest BCUT2D eigenvalue weighted by Crippen LogP contribution is -2.32. The standard InChI is InChI=1S/C12H26N2/c1-10-5-4-7-11(12(10)9-14)6-2-3-8-13/h10-12H,2-9,13-14H2,1H3. The van der Waals surface area contributed by atoms with Crippen LogP contribution in [-0.4, -0.2) is 13.1 Å². The molecular weight excluding hydrogens is 172 g/mol. The van der Waals surface area contributed by atoms with Crippen LogP contribution in [0.3, 0.4) is 0 Å². The first kappa shape index (κ1) is 12.0. The second kappa shape index (κ2) is 6.41. The zero-order valence-electron chi connectivity index (χ0n) is 9.54. The Labute approximate surface area is 88.4 Å². The molecule has 0 aliphatic heterocycles. The largest absolute Gasteiger partial charge is 0.330 e. The molecule has 0 aromatic rings. The Morgan fingerprint density at radius 1 is 1.14 bits per heavy atom. The molecule has 0 amide bonds. The van der Waals surface area contributed by atoms with Crippen molar-refractivity contribution in [2.45, 2.75) is 45.4 Å². The van der Waals surface area contributed by atoms with Gasteiger partial charge in [-0.25, -0.2) is 0 Å². The maximum atomic E-state index is 5.86. The third-order valence-corrected chi connectivity index (χ3v) is 3.87. The van der Waals surface area contributed by atoms with Gasteiger partial charge in [0.25, 0.3) is 0 Å². The van der Waals surface area contributed by atoms with E-state index in [0.29, 0.717) is 0 Å². The first-order valence-electron chi connectivity index (χ1n) is 6.19. The maximum Gasteiger partial charge on any atom is -0.00437 e. The van der Waals surface area contributed by atoms with Gasteiger partial charge in [0.2, 0.25) is 0 Å². The summed E-state index contributed by atoms with van der Waals surface area (Å²) < 4.78 is 0. The average molecular weight is 198 g/mol. The molecule has 14 heavy (non-hydrogen) atoms. The Hall–Kier alpha value is -0.0800. The predicted octanol–water partition coefficient (Wildman–Crippen LogP) is 2.13.